The molecular formula is C19H18FNO3S2. The van der Waals surface area contributed by atoms with Crippen molar-refractivity contribution < 1.29 is 18.7 Å². The Bertz CT molecular complexity index is 774. The summed E-state index contributed by atoms with van der Waals surface area (Å²) in [6.45, 7) is 1.50. The van der Waals surface area contributed by atoms with Crippen molar-refractivity contribution in [3.05, 3.63) is 65.5 Å². The van der Waals surface area contributed by atoms with Crippen molar-refractivity contribution in [2.45, 2.75) is 17.6 Å². The number of nitrogens with one attached hydrogen (secondary N) is 1. The minimum absolute atomic E-state index is 0.389. The van der Waals surface area contributed by atoms with Crippen LogP contribution in [0.1, 0.15) is 27.4 Å². The zero-order chi connectivity index (χ0) is 18.5. The van der Waals surface area contributed by atoms with Crippen LogP contribution in [0.3, 0.4) is 0 Å². The van der Waals surface area contributed by atoms with Crippen molar-refractivity contribution >= 4 is 41.1 Å². The molecule has 1 heterocycles. The average molecular weight is 391 g/mol. The maximum atomic E-state index is 12.9. The number of rotatable bonds is 5. The number of halogens is 1. The Balaban J connectivity index is 1.56. The molecule has 3 rings (SSSR count). The van der Waals surface area contributed by atoms with Gasteiger partial charge in [0.05, 0.1) is 10.1 Å². The third-order valence-electron chi connectivity index (χ3n) is 3.81. The molecule has 7 heteroatoms. The van der Waals surface area contributed by atoms with Gasteiger partial charge in [-0.3, -0.25) is 4.79 Å². The maximum absolute atomic E-state index is 12.9. The predicted molar refractivity (Wildman–Crippen MR) is 104 cm³/mol. The van der Waals surface area contributed by atoms with Gasteiger partial charge in [-0.1, -0.05) is 12.1 Å². The van der Waals surface area contributed by atoms with Crippen LogP contribution in [-0.2, 0) is 9.53 Å². The van der Waals surface area contributed by atoms with Gasteiger partial charge in [-0.2, -0.15) is 0 Å². The molecule has 26 heavy (non-hydrogen) atoms. The van der Waals surface area contributed by atoms with Crippen molar-refractivity contribution in [3.8, 4) is 0 Å². The second-order valence-corrected chi connectivity index (χ2v) is 8.46. The molecule has 1 atom stereocenters. The van der Waals surface area contributed by atoms with Gasteiger partial charge < -0.3 is 10.1 Å². The fraction of sp³-hybridized carbons (Fsp3) is 0.263. The minimum atomic E-state index is -0.965. The third kappa shape index (κ3) is 4.80. The lowest BCUT2D eigenvalue weighted by atomic mass is 10.1. The summed E-state index contributed by atoms with van der Waals surface area (Å²) in [6.07, 6.45) is -0.965. The molecule has 136 valence electrons. The lowest BCUT2D eigenvalue weighted by Crippen LogP contribution is -2.30. The number of thioether (sulfide) groups is 2. The highest BCUT2D eigenvalue weighted by atomic mass is 32.2. The average Bonchev–Trinajstić information content (AvgIpc) is 3.18. The number of esters is 1. The highest BCUT2D eigenvalue weighted by molar-refractivity contribution is 8.19. The lowest BCUT2D eigenvalue weighted by molar-refractivity contribution is -0.123. The van der Waals surface area contributed by atoms with E-state index in [1.165, 1.54) is 36.8 Å². The van der Waals surface area contributed by atoms with E-state index in [1.54, 1.807) is 12.1 Å². The number of benzene rings is 2. The number of carbonyl (C=O) groups excluding carboxylic acids is 2. The van der Waals surface area contributed by atoms with E-state index < -0.39 is 18.0 Å². The van der Waals surface area contributed by atoms with Gasteiger partial charge in [0.2, 0.25) is 0 Å². The lowest BCUT2D eigenvalue weighted by Gasteiger charge is -2.14. The van der Waals surface area contributed by atoms with Crippen molar-refractivity contribution in [1.29, 1.82) is 0 Å². The van der Waals surface area contributed by atoms with Crippen LogP contribution in [-0.4, -0.2) is 29.5 Å². The first kappa shape index (κ1) is 18.8. The molecule has 0 radical (unpaired) electrons. The predicted octanol–water partition coefficient (Wildman–Crippen LogP) is 4.49. The minimum Gasteiger partial charge on any atom is -0.449 e. The van der Waals surface area contributed by atoms with Gasteiger partial charge in [-0.05, 0) is 48.9 Å². The molecule has 4 nitrogen and oxygen atoms in total. The number of hydrogen-bond donors (Lipinski definition) is 1. The van der Waals surface area contributed by atoms with Crippen molar-refractivity contribution in [2.75, 3.05) is 16.8 Å². The van der Waals surface area contributed by atoms with Gasteiger partial charge in [0.1, 0.15) is 5.82 Å². The van der Waals surface area contributed by atoms with E-state index in [0.717, 1.165) is 11.5 Å². The van der Waals surface area contributed by atoms with Gasteiger partial charge in [0.25, 0.3) is 5.91 Å². The smallest absolute Gasteiger partial charge is 0.338 e. The van der Waals surface area contributed by atoms with E-state index >= 15 is 0 Å². The summed E-state index contributed by atoms with van der Waals surface area (Å²) >= 11 is 3.79. The SMILES string of the molecule is C[C@H](OC(=O)c1ccc(C2SCCS2)cc1)C(=O)Nc1ccc(F)cc1. The Morgan fingerprint density at radius 2 is 1.69 bits per heavy atom. The fourth-order valence-electron chi connectivity index (χ4n) is 2.39. The first-order valence-electron chi connectivity index (χ1n) is 8.13. The van der Waals surface area contributed by atoms with Gasteiger partial charge in [-0.15, -0.1) is 23.5 Å². The van der Waals surface area contributed by atoms with Crippen molar-refractivity contribution in [2.24, 2.45) is 0 Å². The Hall–Kier alpha value is -1.99. The summed E-state index contributed by atoms with van der Waals surface area (Å²) in [5.41, 5.74) is 2.02. The molecule has 1 aliphatic heterocycles. The fourth-order valence-corrected chi connectivity index (χ4v) is 5.25. The van der Waals surface area contributed by atoms with E-state index in [-0.39, 0.29) is 5.82 Å². The van der Waals surface area contributed by atoms with E-state index in [9.17, 15) is 14.0 Å². The van der Waals surface area contributed by atoms with Gasteiger partial charge in [0.15, 0.2) is 6.10 Å². The van der Waals surface area contributed by atoms with E-state index in [0.29, 0.717) is 15.8 Å². The molecule has 2 aromatic rings. The normalized spacial score (nSPS) is 15.5. The molecule has 0 bridgehead atoms. The van der Waals surface area contributed by atoms with E-state index in [2.05, 4.69) is 5.32 Å². The Labute approximate surface area is 159 Å². The molecule has 0 aliphatic carbocycles. The summed E-state index contributed by atoms with van der Waals surface area (Å²) in [5, 5.41) is 2.58. The molecule has 1 fully saturated rings. The molecule has 0 aromatic heterocycles. The Kier molecular flexibility index (Phi) is 6.21. The van der Waals surface area contributed by atoms with Crippen LogP contribution in [0.15, 0.2) is 48.5 Å². The standard InChI is InChI=1S/C19H18FNO3S2/c1-12(17(22)21-16-8-6-15(20)7-9-16)24-18(23)13-2-4-14(5-3-13)19-25-10-11-26-19/h2-9,12,19H,10-11H2,1H3,(H,21,22)/t12-/m0/s1. The van der Waals surface area contributed by atoms with E-state index in [1.807, 2.05) is 35.7 Å². The van der Waals surface area contributed by atoms with Gasteiger partial charge >= 0.3 is 5.97 Å². The number of ether oxygens (including phenoxy) is 1. The number of anilines is 1. The molecule has 0 saturated carbocycles. The second-order valence-electron chi connectivity index (χ2n) is 5.74. The maximum Gasteiger partial charge on any atom is 0.338 e. The molecule has 1 saturated heterocycles. The molecule has 0 unspecified atom stereocenters. The summed E-state index contributed by atoms with van der Waals surface area (Å²) < 4.78 is 18.5. The molecule has 1 amide bonds. The largest absolute Gasteiger partial charge is 0.449 e. The third-order valence-corrected chi connectivity index (χ3v) is 6.91. The second kappa shape index (κ2) is 8.60. The van der Waals surface area contributed by atoms with Gasteiger partial charge in [-0.25, -0.2) is 9.18 Å². The highest BCUT2D eigenvalue weighted by Gasteiger charge is 2.21. The summed E-state index contributed by atoms with van der Waals surface area (Å²) in [7, 11) is 0. The van der Waals surface area contributed by atoms with Crippen LogP contribution in [0.2, 0.25) is 0 Å². The van der Waals surface area contributed by atoms with Crippen LogP contribution < -0.4 is 5.32 Å². The zero-order valence-corrected chi connectivity index (χ0v) is 15.7. The summed E-state index contributed by atoms with van der Waals surface area (Å²) in [5.74, 6) is 0.866. The van der Waals surface area contributed by atoms with Crippen LogP contribution in [0.4, 0.5) is 10.1 Å². The van der Waals surface area contributed by atoms with Crippen molar-refractivity contribution in [1.82, 2.24) is 0 Å². The molecule has 1 aliphatic rings. The monoisotopic (exact) mass is 391 g/mol. The number of hydrogen-bond acceptors (Lipinski definition) is 5. The Morgan fingerprint density at radius 1 is 1.08 bits per heavy atom. The number of carbonyl (C=O) groups is 2. The molecular weight excluding hydrogens is 373 g/mol. The summed E-state index contributed by atoms with van der Waals surface area (Å²) in [6, 6.07) is 12.7. The number of amides is 1. The molecule has 2 aromatic carbocycles. The first-order valence-corrected chi connectivity index (χ1v) is 10.2. The quantitative estimate of drug-likeness (QED) is 0.761. The zero-order valence-electron chi connectivity index (χ0n) is 14.1. The van der Waals surface area contributed by atoms with Crippen LogP contribution in [0, 0.1) is 5.82 Å². The van der Waals surface area contributed by atoms with Crippen LogP contribution >= 0.6 is 23.5 Å². The van der Waals surface area contributed by atoms with Crippen molar-refractivity contribution in [3.63, 3.8) is 0 Å². The summed E-state index contributed by atoms with van der Waals surface area (Å²) in [4.78, 5) is 24.3. The first-order chi connectivity index (χ1) is 12.5. The van der Waals surface area contributed by atoms with Crippen LogP contribution in [0.5, 0.6) is 0 Å². The topological polar surface area (TPSA) is 55.4 Å². The van der Waals surface area contributed by atoms with E-state index in [4.69, 9.17) is 4.74 Å². The van der Waals surface area contributed by atoms with Gasteiger partial charge in [0, 0.05) is 17.2 Å². The highest BCUT2D eigenvalue weighted by Crippen LogP contribution is 2.45. The Morgan fingerprint density at radius 3 is 2.31 bits per heavy atom. The van der Waals surface area contributed by atoms with Crippen LogP contribution in [0.25, 0.3) is 0 Å². The molecule has 1 N–H and O–H groups in total. The molecule has 0 spiro atoms.